The lowest BCUT2D eigenvalue weighted by molar-refractivity contribution is -0.265. The van der Waals surface area contributed by atoms with Gasteiger partial charge in [0.25, 0.3) is 11.7 Å². The number of aliphatic hydroxyl groups is 3. The number of rotatable bonds is 6. The molecule has 14 atom stereocenters. The van der Waals surface area contributed by atoms with E-state index in [1.165, 1.54) is 12.0 Å². The van der Waals surface area contributed by atoms with Gasteiger partial charge in [0, 0.05) is 58.5 Å². The topological polar surface area (TPSA) is 195 Å². The molecule has 3 N–H and O–H groups in total. The number of cyclic esters (lactones) is 1. The highest BCUT2D eigenvalue weighted by Gasteiger charge is 2.53. The first-order valence-electron chi connectivity index (χ1n) is 23.8. The molecule has 4 aliphatic rings. The van der Waals surface area contributed by atoms with Crippen molar-refractivity contribution in [2.75, 3.05) is 27.9 Å². The summed E-state index contributed by atoms with van der Waals surface area (Å²) in [6, 6.07) is -1.12. The summed E-state index contributed by atoms with van der Waals surface area (Å²) in [5.74, 6) is -7.67. The number of ketones is 3. The molecule has 0 aromatic heterocycles. The number of ether oxygens (including phenoxy) is 5. The average Bonchev–Trinajstić information content (AvgIpc) is 3.27. The van der Waals surface area contributed by atoms with Crippen LogP contribution < -0.4 is 0 Å². The number of hydrogen-bond acceptors (Lipinski definition) is 13. The van der Waals surface area contributed by atoms with Gasteiger partial charge in [0.2, 0.25) is 5.79 Å². The van der Waals surface area contributed by atoms with Crippen LogP contribution in [-0.2, 0) is 47.7 Å². The molecule has 2 bridgehead atoms. The third-order valence-corrected chi connectivity index (χ3v) is 14.4. The largest absolute Gasteiger partial charge is 0.460 e. The molecular weight excluding hydrogens is 811 g/mol. The Balaban J connectivity index is 1.65. The van der Waals surface area contributed by atoms with E-state index in [1.807, 2.05) is 19.9 Å². The smallest absolute Gasteiger partial charge is 0.329 e. The minimum atomic E-state index is -2.40. The number of Topliss-reactive ketones (excluding diaryl/α,β-unsaturated/α-hetero) is 3. The highest BCUT2D eigenvalue weighted by atomic mass is 16.6. The van der Waals surface area contributed by atoms with E-state index in [-0.39, 0.29) is 60.9 Å². The maximum atomic E-state index is 14.3. The Morgan fingerprint density at radius 1 is 0.857 bits per heavy atom. The van der Waals surface area contributed by atoms with Crippen molar-refractivity contribution in [3.63, 3.8) is 0 Å². The van der Waals surface area contributed by atoms with Crippen molar-refractivity contribution in [3.05, 3.63) is 23.8 Å². The number of fused-ring (bicyclic) bond motifs is 3. The monoisotopic (exact) mass is 890 g/mol. The Morgan fingerprint density at radius 2 is 1.57 bits per heavy atom. The SMILES string of the molecule is CO[C@@H]1/C=C/CCCCCC[C@@H](C)C(=O)[C@H](OC)[C@H](O)/C(C)=C/[C@@H](C)C(=O)C[C@@H]([C@H](C)C[C@H]2CC[C@@H](O)[C@H](OC)C2)OC(=O)[C@@H]2CCCCN2C(=O)C(=O)[C@]2(O)O[C@@H](CC[C@H]2C)C1. The van der Waals surface area contributed by atoms with E-state index in [1.54, 1.807) is 41.1 Å². The zero-order chi connectivity index (χ0) is 46.4. The first-order chi connectivity index (χ1) is 29.9. The lowest BCUT2D eigenvalue weighted by Gasteiger charge is -2.42. The lowest BCUT2D eigenvalue weighted by atomic mass is 9.78. The molecule has 14 heteroatoms. The number of piperidine rings is 1. The van der Waals surface area contributed by atoms with E-state index in [0.717, 1.165) is 38.5 Å². The van der Waals surface area contributed by atoms with E-state index in [2.05, 4.69) is 6.08 Å². The molecule has 1 aliphatic carbocycles. The minimum Gasteiger partial charge on any atom is -0.460 e. The maximum Gasteiger partial charge on any atom is 0.329 e. The second-order valence-corrected chi connectivity index (χ2v) is 19.2. The fourth-order valence-corrected chi connectivity index (χ4v) is 9.99. The van der Waals surface area contributed by atoms with Gasteiger partial charge in [0.15, 0.2) is 5.78 Å². The zero-order valence-electron chi connectivity index (χ0n) is 39.3. The number of aliphatic hydroxyl groups excluding tert-OH is 2. The summed E-state index contributed by atoms with van der Waals surface area (Å²) in [7, 11) is 4.56. The van der Waals surface area contributed by atoms with Gasteiger partial charge >= 0.3 is 5.97 Å². The molecule has 0 unspecified atom stereocenters. The van der Waals surface area contributed by atoms with E-state index in [4.69, 9.17) is 23.7 Å². The first kappa shape index (κ1) is 52.8. The zero-order valence-corrected chi connectivity index (χ0v) is 39.3. The van der Waals surface area contributed by atoms with Gasteiger partial charge in [-0.2, -0.15) is 0 Å². The van der Waals surface area contributed by atoms with Gasteiger partial charge < -0.3 is 43.9 Å². The van der Waals surface area contributed by atoms with Crippen LogP contribution in [0.5, 0.6) is 0 Å². The predicted octanol–water partition coefficient (Wildman–Crippen LogP) is 5.99. The molecule has 14 nitrogen and oxygen atoms in total. The normalized spacial score (nSPS) is 39.1. The summed E-state index contributed by atoms with van der Waals surface area (Å²) in [6.45, 7) is 8.91. The van der Waals surface area contributed by atoms with Crippen LogP contribution in [0.3, 0.4) is 0 Å². The van der Waals surface area contributed by atoms with Crippen LogP contribution in [-0.4, -0.2) is 132 Å². The molecule has 1 amide bonds. The standard InChI is InChI=1S/C49H79NO13/c1-30-17-13-11-9-10-12-14-18-36(59-6)28-37-22-20-34(5)49(58,63-37)46(55)47(56)50-24-16-15-19-38(50)48(57)62-41(32(3)26-35-21-23-39(51)42(27-35)60-7)29-40(52)31(2)25-33(4)44(54)45(61-8)43(30)53/h14,18,25,30-32,34-39,41-42,44-45,51,54,58H,9-13,15-17,19-24,26-29H2,1-8H3/b18-14+,33-25+/t30-,31-,32-,34-,35-,36-,37+,38+,39-,41+,42-,44-,45+,49-/m1/s1. The Kier molecular flexibility index (Phi) is 21.1. The van der Waals surface area contributed by atoms with Crippen LogP contribution in [0.25, 0.3) is 0 Å². The van der Waals surface area contributed by atoms with Crippen molar-refractivity contribution < 1.29 is 63.0 Å². The summed E-state index contributed by atoms with van der Waals surface area (Å²) in [5, 5.41) is 33.7. The molecule has 358 valence electrons. The fourth-order valence-electron chi connectivity index (χ4n) is 9.99. The van der Waals surface area contributed by atoms with Gasteiger partial charge in [-0.3, -0.25) is 19.2 Å². The van der Waals surface area contributed by atoms with Gasteiger partial charge in [-0.15, -0.1) is 0 Å². The molecular formula is C49H79NO13. The molecule has 3 fully saturated rings. The summed E-state index contributed by atoms with van der Waals surface area (Å²) in [4.78, 5) is 71.4. The first-order valence-corrected chi connectivity index (χ1v) is 23.8. The average molecular weight is 890 g/mol. The Hall–Kier alpha value is -2.85. The van der Waals surface area contributed by atoms with Crippen molar-refractivity contribution in [3.8, 4) is 0 Å². The molecule has 0 aromatic carbocycles. The number of carbonyl (C=O) groups excluding carboxylic acids is 5. The Morgan fingerprint density at radius 3 is 2.27 bits per heavy atom. The van der Waals surface area contributed by atoms with Crippen LogP contribution in [0.4, 0.5) is 0 Å². The fraction of sp³-hybridized carbons (Fsp3) is 0.816. The van der Waals surface area contributed by atoms with Crippen molar-refractivity contribution in [1.82, 2.24) is 4.90 Å². The van der Waals surface area contributed by atoms with E-state index in [9.17, 15) is 39.3 Å². The van der Waals surface area contributed by atoms with Gasteiger partial charge in [-0.25, -0.2) is 4.79 Å². The molecule has 63 heavy (non-hydrogen) atoms. The van der Waals surface area contributed by atoms with Crippen molar-refractivity contribution in [2.24, 2.45) is 29.6 Å². The van der Waals surface area contributed by atoms with Crippen molar-refractivity contribution in [1.29, 1.82) is 0 Å². The Labute approximate surface area is 375 Å². The van der Waals surface area contributed by atoms with Crippen LogP contribution in [0.15, 0.2) is 23.8 Å². The third-order valence-electron chi connectivity index (χ3n) is 14.4. The molecule has 0 spiro atoms. The van der Waals surface area contributed by atoms with Gasteiger partial charge in [-0.1, -0.05) is 65.2 Å². The Bertz CT molecular complexity index is 1580. The highest BCUT2D eigenvalue weighted by Crippen LogP contribution is 2.37. The summed E-state index contributed by atoms with van der Waals surface area (Å²) < 4.78 is 29.2. The number of hydrogen-bond donors (Lipinski definition) is 3. The van der Waals surface area contributed by atoms with E-state index < -0.39 is 71.8 Å². The van der Waals surface area contributed by atoms with Crippen molar-refractivity contribution >= 4 is 29.2 Å². The highest BCUT2D eigenvalue weighted by molar-refractivity contribution is 6.39. The van der Waals surface area contributed by atoms with E-state index >= 15 is 0 Å². The molecule has 0 aromatic rings. The number of amides is 1. The number of allylic oxidation sites excluding steroid dienone is 2. The minimum absolute atomic E-state index is 0.101. The number of esters is 1. The second-order valence-electron chi connectivity index (χ2n) is 19.2. The quantitative estimate of drug-likeness (QED) is 0.160. The summed E-state index contributed by atoms with van der Waals surface area (Å²) in [5.41, 5.74) is 0.411. The predicted molar refractivity (Wildman–Crippen MR) is 236 cm³/mol. The molecule has 1 saturated carbocycles. The third kappa shape index (κ3) is 14.3. The number of nitrogens with zero attached hydrogens (tertiary/aromatic N) is 1. The summed E-state index contributed by atoms with van der Waals surface area (Å²) in [6.07, 6.45) is 10.7. The maximum absolute atomic E-state index is 14.3. The number of carbonyl (C=O) groups is 5. The van der Waals surface area contributed by atoms with Crippen molar-refractivity contribution in [2.45, 2.75) is 198 Å². The molecule has 2 saturated heterocycles. The van der Waals surface area contributed by atoms with Crippen LogP contribution >= 0.6 is 0 Å². The summed E-state index contributed by atoms with van der Waals surface area (Å²) >= 11 is 0. The second kappa shape index (κ2) is 25.2. The molecule has 0 radical (unpaired) electrons. The van der Waals surface area contributed by atoms with Crippen LogP contribution in [0.2, 0.25) is 0 Å². The van der Waals surface area contributed by atoms with Gasteiger partial charge in [-0.05, 0) is 101 Å². The van der Waals surface area contributed by atoms with E-state index in [0.29, 0.717) is 63.4 Å². The van der Waals surface area contributed by atoms with Gasteiger partial charge in [0.05, 0.1) is 24.4 Å². The molecule has 3 heterocycles. The van der Waals surface area contributed by atoms with Crippen LogP contribution in [0, 0.1) is 29.6 Å². The van der Waals surface area contributed by atoms with Crippen LogP contribution in [0.1, 0.15) is 144 Å². The molecule has 3 aliphatic heterocycles. The lowest BCUT2D eigenvalue weighted by Crippen LogP contribution is -2.60. The molecule has 4 rings (SSSR count). The van der Waals surface area contributed by atoms with Gasteiger partial charge in [0.1, 0.15) is 30.1 Å². The number of methoxy groups -OCH3 is 3.